The highest BCUT2D eigenvalue weighted by atomic mass is 16.5. The molecule has 5 N–H and O–H groups in total. The third kappa shape index (κ3) is 8.74. The van der Waals surface area contributed by atoms with Crippen LogP contribution in [-0.2, 0) is 25.5 Å². The van der Waals surface area contributed by atoms with Gasteiger partial charge in [0, 0.05) is 48.6 Å². The van der Waals surface area contributed by atoms with Gasteiger partial charge >= 0.3 is 5.97 Å². The number of primary amides is 1. The van der Waals surface area contributed by atoms with Crippen LogP contribution in [0.3, 0.4) is 0 Å². The number of nitrogens with zero attached hydrogens (tertiary/aromatic N) is 1. The predicted molar refractivity (Wildman–Crippen MR) is 142 cm³/mol. The van der Waals surface area contributed by atoms with Crippen molar-refractivity contribution in [1.29, 1.82) is 0 Å². The number of nitrogens with two attached hydrogens (primary N) is 1. The van der Waals surface area contributed by atoms with Gasteiger partial charge in [-0.05, 0) is 43.2 Å². The lowest BCUT2D eigenvalue weighted by Crippen LogP contribution is -2.50. The Bertz CT molecular complexity index is 1260. The summed E-state index contributed by atoms with van der Waals surface area (Å²) < 4.78 is 4.89. The number of benzene rings is 1. The maximum Gasteiger partial charge on any atom is 0.330 e. The molecule has 2 atom stereocenters. The number of carbonyl (C=O) groups excluding carboxylic acids is 4. The average molecular weight is 518 g/mol. The van der Waals surface area contributed by atoms with Gasteiger partial charge in [-0.2, -0.15) is 0 Å². The number of hydrogen-bond acceptors (Lipinski definition) is 6. The zero-order chi connectivity index (χ0) is 27.3. The van der Waals surface area contributed by atoms with Crippen molar-refractivity contribution in [1.82, 2.24) is 20.6 Å². The molecular weight excluding hydrogens is 486 g/mol. The highest BCUT2D eigenvalue weighted by Gasteiger charge is 2.24. The number of ether oxygens (including phenoxy) is 1. The molecule has 3 aromatic rings. The summed E-state index contributed by atoms with van der Waals surface area (Å²) >= 11 is 0. The van der Waals surface area contributed by atoms with Crippen LogP contribution in [0.4, 0.5) is 0 Å². The minimum absolute atomic E-state index is 0.00587. The summed E-state index contributed by atoms with van der Waals surface area (Å²) in [5.41, 5.74) is 8.01. The normalized spacial score (nSPS) is 12.4. The Morgan fingerprint density at radius 1 is 1.03 bits per heavy atom. The highest BCUT2D eigenvalue weighted by molar-refractivity contribution is 5.97. The highest BCUT2D eigenvalue weighted by Crippen LogP contribution is 2.17. The van der Waals surface area contributed by atoms with E-state index in [1.54, 1.807) is 31.5 Å². The zero-order valence-electron chi connectivity index (χ0n) is 21.1. The smallest absolute Gasteiger partial charge is 0.330 e. The number of nitrogens with one attached hydrogen (secondary N) is 3. The Morgan fingerprint density at radius 2 is 1.76 bits per heavy atom. The second kappa shape index (κ2) is 14.1. The first-order valence-electron chi connectivity index (χ1n) is 12.2. The fraction of sp³-hybridized carbons (Fsp3) is 0.250. The SMILES string of the molecule is CCOC(=O)/C=C/[C@H](CCC(N)=O)NC(=O)[C@H](Cc1ccccc1)NC(=O)c1ccc(-c2ccncc2)[nH]1. The molecular formula is C28H31N5O5. The fourth-order valence-corrected chi connectivity index (χ4v) is 3.71. The summed E-state index contributed by atoms with van der Waals surface area (Å²) in [6.07, 6.45) is 6.35. The standard InChI is InChI=1S/C28H31N5O5/c1-2-38-26(35)13-9-21(8-12-25(29)34)31-28(37)24(18-19-6-4-3-5-7-19)33-27(36)23-11-10-22(32-23)20-14-16-30-17-15-20/h3-7,9-11,13-17,21,24,32H,2,8,12,18H2,1H3,(H2,29,34)(H,31,37)(H,33,36)/b13-9+/t21-,24-/m0/s1. The van der Waals surface area contributed by atoms with Gasteiger partial charge < -0.3 is 26.1 Å². The minimum Gasteiger partial charge on any atom is -0.463 e. The Labute approximate surface area is 220 Å². The van der Waals surface area contributed by atoms with Crippen LogP contribution in [0.25, 0.3) is 11.3 Å². The topological polar surface area (TPSA) is 156 Å². The minimum atomic E-state index is -0.940. The van der Waals surface area contributed by atoms with E-state index < -0.39 is 35.8 Å². The van der Waals surface area contributed by atoms with Gasteiger partial charge in [0.05, 0.1) is 6.61 Å². The van der Waals surface area contributed by atoms with E-state index in [9.17, 15) is 19.2 Å². The Kier molecular flexibility index (Phi) is 10.3. The van der Waals surface area contributed by atoms with Crippen molar-refractivity contribution in [3.05, 3.63) is 90.4 Å². The lowest BCUT2D eigenvalue weighted by molar-refractivity contribution is -0.137. The lowest BCUT2D eigenvalue weighted by Gasteiger charge is -2.22. The molecule has 0 aliphatic rings. The molecule has 198 valence electrons. The number of H-pyrrole nitrogens is 1. The van der Waals surface area contributed by atoms with Crippen molar-refractivity contribution in [2.45, 2.75) is 38.3 Å². The third-order valence-corrected chi connectivity index (χ3v) is 5.61. The van der Waals surface area contributed by atoms with Gasteiger partial charge in [-0.15, -0.1) is 0 Å². The number of aromatic nitrogens is 2. The molecule has 10 nitrogen and oxygen atoms in total. The van der Waals surface area contributed by atoms with E-state index in [2.05, 4.69) is 20.6 Å². The molecule has 0 radical (unpaired) electrons. The molecule has 38 heavy (non-hydrogen) atoms. The monoisotopic (exact) mass is 517 g/mol. The van der Waals surface area contributed by atoms with Gasteiger partial charge in [-0.1, -0.05) is 36.4 Å². The largest absolute Gasteiger partial charge is 0.463 e. The Morgan fingerprint density at radius 3 is 2.45 bits per heavy atom. The van der Waals surface area contributed by atoms with Gasteiger partial charge in [-0.25, -0.2) is 4.79 Å². The van der Waals surface area contributed by atoms with Gasteiger partial charge in [-0.3, -0.25) is 19.4 Å². The molecule has 0 saturated heterocycles. The van der Waals surface area contributed by atoms with Gasteiger partial charge in [0.1, 0.15) is 11.7 Å². The van der Waals surface area contributed by atoms with Crippen LogP contribution in [0.5, 0.6) is 0 Å². The predicted octanol–water partition coefficient (Wildman–Crippen LogP) is 2.29. The van der Waals surface area contributed by atoms with Crippen molar-refractivity contribution in [2.75, 3.05) is 6.61 Å². The molecule has 0 aliphatic heterocycles. The summed E-state index contributed by atoms with van der Waals surface area (Å²) in [4.78, 5) is 56.7. The maximum atomic E-state index is 13.4. The van der Waals surface area contributed by atoms with Crippen LogP contribution in [0.1, 0.15) is 35.8 Å². The molecule has 3 rings (SSSR count). The summed E-state index contributed by atoms with van der Waals surface area (Å²) in [6.45, 7) is 1.88. The Hall–Kier alpha value is -4.73. The first kappa shape index (κ1) is 27.9. The van der Waals surface area contributed by atoms with Crippen molar-refractivity contribution in [3.63, 3.8) is 0 Å². The molecule has 0 aliphatic carbocycles. The molecule has 0 saturated carbocycles. The van der Waals surface area contributed by atoms with Crippen LogP contribution < -0.4 is 16.4 Å². The molecule has 1 aromatic carbocycles. The number of amides is 3. The quantitative estimate of drug-likeness (QED) is 0.201. The molecule has 2 heterocycles. The first-order valence-corrected chi connectivity index (χ1v) is 12.2. The second-order valence-corrected chi connectivity index (χ2v) is 8.47. The molecule has 0 fully saturated rings. The van der Waals surface area contributed by atoms with E-state index in [-0.39, 0.29) is 31.6 Å². The maximum absolute atomic E-state index is 13.4. The number of carbonyl (C=O) groups is 4. The summed E-state index contributed by atoms with van der Waals surface area (Å²) in [5.74, 6) is -2.06. The fourth-order valence-electron chi connectivity index (χ4n) is 3.71. The molecule has 10 heteroatoms. The molecule has 2 aromatic heterocycles. The summed E-state index contributed by atoms with van der Waals surface area (Å²) in [5, 5.41) is 5.60. The van der Waals surface area contributed by atoms with E-state index >= 15 is 0 Å². The van der Waals surface area contributed by atoms with Crippen LogP contribution in [0.15, 0.2) is 79.1 Å². The lowest BCUT2D eigenvalue weighted by atomic mass is 10.0. The van der Waals surface area contributed by atoms with Crippen LogP contribution in [0, 0.1) is 0 Å². The second-order valence-electron chi connectivity index (χ2n) is 8.47. The van der Waals surface area contributed by atoms with Crippen LogP contribution in [-0.4, -0.2) is 52.3 Å². The number of rotatable bonds is 13. The molecule has 0 unspecified atom stereocenters. The van der Waals surface area contributed by atoms with Crippen LogP contribution >= 0.6 is 0 Å². The van der Waals surface area contributed by atoms with Gasteiger partial charge in [0.25, 0.3) is 5.91 Å². The molecule has 0 spiro atoms. The third-order valence-electron chi connectivity index (χ3n) is 5.61. The van der Waals surface area contributed by atoms with Crippen molar-refractivity contribution in [2.24, 2.45) is 5.73 Å². The van der Waals surface area contributed by atoms with E-state index in [1.807, 2.05) is 42.5 Å². The number of hydrogen-bond donors (Lipinski definition) is 4. The zero-order valence-corrected chi connectivity index (χ0v) is 21.1. The number of aromatic amines is 1. The summed E-state index contributed by atoms with van der Waals surface area (Å²) in [7, 11) is 0. The van der Waals surface area contributed by atoms with E-state index in [4.69, 9.17) is 10.5 Å². The summed E-state index contributed by atoms with van der Waals surface area (Å²) in [6, 6.07) is 14.7. The molecule has 3 amide bonds. The molecule has 0 bridgehead atoms. The Balaban J connectivity index is 1.78. The average Bonchev–Trinajstić information content (AvgIpc) is 3.41. The van der Waals surface area contributed by atoms with Crippen molar-refractivity contribution >= 4 is 23.7 Å². The number of pyridine rings is 1. The first-order chi connectivity index (χ1) is 18.4. The van der Waals surface area contributed by atoms with Crippen molar-refractivity contribution < 1.29 is 23.9 Å². The van der Waals surface area contributed by atoms with Crippen molar-refractivity contribution in [3.8, 4) is 11.3 Å². The van der Waals surface area contributed by atoms with Gasteiger partial charge in [0.2, 0.25) is 11.8 Å². The van der Waals surface area contributed by atoms with Crippen LogP contribution in [0.2, 0.25) is 0 Å². The van der Waals surface area contributed by atoms with E-state index in [0.29, 0.717) is 0 Å². The van der Waals surface area contributed by atoms with Gasteiger partial charge in [0.15, 0.2) is 0 Å². The van der Waals surface area contributed by atoms with E-state index in [0.717, 1.165) is 16.8 Å². The number of esters is 1. The van der Waals surface area contributed by atoms with E-state index in [1.165, 1.54) is 12.2 Å².